The third kappa shape index (κ3) is 6.51. The number of nitrogens with zero attached hydrogens (tertiary/aromatic N) is 3. The monoisotopic (exact) mass is 494 g/mol. The van der Waals surface area contributed by atoms with E-state index in [-0.39, 0.29) is 23.3 Å². The number of rotatable bonds is 9. The number of benzene rings is 2. The van der Waals surface area contributed by atoms with Crippen LogP contribution in [-0.2, 0) is 16.1 Å². The van der Waals surface area contributed by atoms with Crippen molar-refractivity contribution in [1.82, 2.24) is 19.8 Å². The first kappa shape index (κ1) is 25.4. The number of ether oxygens (including phenoxy) is 1. The number of carbonyl (C=O) groups excluding carboxylic acids is 1. The predicted octanol–water partition coefficient (Wildman–Crippen LogP) is 3.71. The molecule has 0 bridgehead atoms. The second kappa shape index (κ2) is 11.8. The number of amides is 1. The Morgan fingerprint density at radius 2 is 1.89 bits per heavy atom. The van der Waals surface area contributed by atoms with Crippen LogP contribution in [0.25, 0.3) is 10.9 Å². The van der Waals surface area contributed by atoms with E-state index < -0.39 is 0 Å². The topological polar surface area (TPSA) is 76.5 Å². The highest BCUT2D eigenvalue weighted by molar-refractivity contribution is 7.99. The molecular formula is C27H34N4O3S. The van der Waals surface area contributed by atoms with Crippen LogP contribution in [0, 0.1) is 13.8 Å². The maximum atomic E-state index is 13.3. The fraction of sp³-hybridized carbons (Fsp3) is 0.444. The number of fused-ring (bicyclic) bond motifs is 1. The summed E-state index contributed by atoms with van der Waals surface area (Å²) in [6.45, 7) is 11.0. The molecule has 1 amide bonds. The molecule has 1 aliphatic rings. The zero-order chi connectivity index (χ0) is 24.8. The van der Waals surface area contributed by atoms with E-state index in [9.17, 15) is 9.59 Å². The molecule has 0 spiro atoms. The van der Waals surface area contributed by atoms with Gasteiger partial charge in [0.25, 0.3) is 5.56 Å². The van der Waals surface area contributed by atoms with Gasteiger partial charge in [0.2, 0.25) is 5.91 Å². The lowest BCUT2D eigenvalue weighted by Crippen LogP contribution is -2.37. The predicted molar refractivity (Wildman–Crippen MR) is 141 cm³/mol. The Kier molecular flexibility index (Phi) is 8.59. The van der Waals surface area contributed by atoms with E-state index in [0.29, 0.717) is 22.6 Å². The fourth-order valence-corrected chi connectivity index (χ4v) is 5.10. The highest BCUT2D eigenvalue weighted by atomic mass is 32.2. The second-order valence-corrected chi connectivity index (χ2v) is 10.0. The Balaban J connectivity index is 1.44. The van der Waals surface area contributed by atoms with E-state index in [1.54, 1.807) is 4.57 Å². The van der Waals surface area contributed by atoms with Gasteiger partial charge in [0, 0.05) is 26.2 Å². The van der Waals surface area contributed by atoms with Gasteiger partial charge in [0.1, 0.15) is 0 Å². The van der Waals surface area contributed by atoms with Crippen LogP contribution in [0.1, 0.15) is 36.1 Å². The zero-order valence-corrected chi connectivity index (χ0v) is 21.6. The highest BCUT2D eigenvalue weighted by Crippen LogP contribution is 2.20. The van der Waals surface area contributed by atoms with Crippen LogP contribution < -0.4 is 10.9 Å². The number of para-hydroxylation sites is 1. The van der Waals surface area contributed by atoms with Gasteiger partial charge in [-0.05, 0) is 56.0 Å². The number of thioether (sulfide) groups is 1. The van der Waals surface area contributed by atoms with Crippen molar-refractivity contribution in [3.05, 3.63) is 69.5 Å². The summed E-state index contributed by atoms with van der Waals surface area (Å²) in [5.74, 6) is 0.117. The smallest absolute Gasteiger partial charge is 0.262 e. The quantitative estimate of drug-likeness (QED) is 0.361. The molecule has 0 aliphatic carbocycles. The first-order chi connectivity index (χ1) is 16.9. The molecule has 1 aromatic heterocycles. The molecule has 4 rings (SSSR count). The molecule has 0 saturated carbocycles. The average Bonchev–Trinajstić information content (AvgIpc) is 2.86. The van der Waals surface area contributed by atoms with E-state index in [2.05, 4.69) is 42.3 Å². The molecule has 1 N–H and O–H groups in total. The van der Waals surface area contributed by atoms with Crippen molar-refractivity contribution < 1.29 is 9.53 Å². The van der Waals surface area contributed by atoms with Gasteiger partial charge >= 0.3 is 0 Å². The van der Waals surface area contributed by atoms with Gasteiger partial charge in [-0.25, -0.2) is 4.98 Å². The van der Waals surface area contributed by atoms with Crippen molar-refractivity contribution in [3.63, 3.8) is 0 Å². The van der Waals surface area contributed by atoms with Gasteiger partial charge in [0.15, 0.2) is 5.16 Å². The molecule has 3 aromatic rings. The van der Waals surface area contributed by atoms with E-state index >= 15 is 0 Å². The standard InChI is InChI=1S/C27H34N4O3S/c1-19-9-10-22(17-20(19)2)21(3)28-25(32)18-35-27-29-24-8-5-4-7-23(24)26(33)31(27)12-6-11-30-13-15-34-16-14-30/h4-5,7-10,17,21H,6,11-16,18H2,1-3H3,(H,28,32). The third-order valence-electron chi connectivity index (χ3n) is 6.53. The molecule has 1 unspecified atom stereocenters. The second-order valence-electron chi connectivity index (χ2n) is 9.10. The first-order valence-electron chi connectivity index (χ1n) is 12.2. The summed E-state index contributed by atoms with van der Waals surface area (Å²) in [5, 5.41) is 4.27. The van der Waals surface area contributed by atoms with Gasteiger partial charge in [-0.3, -0.25) is 19.1 Å². The van der Waals surface area contributed by atoms with Crippen LogP contribution in [0.4, 0.5) is 0 Å². The summed E-state index contributed by atoms with van der Waals surface area (Å²) < 4.78 is 7.15. The number of morpholine rings is 1. The Labute approximate surface area is 210 Å². The molecule has 2 heterocycles. The SMILES string of the molecule is Cc1ccc(C(C)NC(=O)CSc2nc3ccccc3c(=O)n2CCCN2CCOCC2)cc1C. The van der Waals surface area contributed by atoms with E-state index in [0.717, 1.165) is 44.8 Å². The number of aromatic nitrogens is 2. The molecule has 8 heteroatoms. The summed E-state index contributed by atoms with van der Waals surface area (Å²) in [4.78, 5) is 33.1. The largest absolute Gasteiger partial charge is 0.379 e. The van der Waals surface area contributed by atoms with Gasteiger partial charge in [-0.15, -0.1) is 0 Å². The van der Waals surface area contributed by atoms with Crippen LogP contribution in [0.15, 0.2) is 52.4 Å². The van der Waals surface area contributed by atoms with E-state index in [1.807, 2.05) is 31.2 Å². The molecule has 1 fully saturated rings. The maximum absolute atomic E-state index is 13.3. The molecule has 1 saturated heterocycles. The third-order valence-corrected chi connectivity index (χ3v) is 7.50. The number of hydrogen-bond donors (Lipinski definition) is 1. The van der Waals surface area contributed by atoms with Gasteiger partial charge < -0.3 is 10.1 Å². The minimum Gasteiger partial charge on any atom is -0.379 e. The van der Waals surface area contributed by atoms with Gasteiger partial charge in [0.05, 0.1) is 35.9 Å². The van der Waals surface area contributed by atoms with Crippen LogP contribution in [0.5, 0.6) is 0 Å². The molecule has 7 nitrogen and oxygen atoms in total. The lowest BCUT2D eigenvalue weighted by atomic mass is 10.0. The van der Waals surface area contributed by atoms with Crippen LogP contribution in [0.2, 0.25) is 0 Å². The summed E-state index contributed by atoms with van der Waals surface area (Å²) >= 11 is 1.32. The van der Waals surface area contributed by atoms with Gasteiger partial charge in [-0.2, -0.15) is 0 Å². The van der Waals surface area contributed by atoms with Crippen molar-refractivity contribution in [1.29, 1.82) is 0 Å². The van der Waals surface area contributed by atoms with Crippen LogP contribution in [-0.4, -0.2) is 59.0 Å². The van der Waals surface area contributed by atoms with Crippen molar-refractivity contribution in [2.75, 3.05) is 38.6 Å². The maximum Gasteiger partial charge on any atom is 0.262 e. The van der Waals surface area contributed by atoms with Gasteiger partial charge in [-0.1, -0.05) is 42.1 Å². The summed E-state index contributed by atoms with van der Waals surface area (Å²) in [7, 11) is 0. The van der Waals surface area contributed by atoms with Crippen molar-refractivity contribution in [2.45, 2.75) is 44.9 Å². The zero-order valence-electron chi connectivity index (χ0n) is 20.8. The first-order valence-corrected chi connectivity index (χ1v) is 13.2. The van der Waals surface area contributed by atoms with Crippen molar-refractivity contribution in [2.24, 2.45) is 0 Å². The van der Waals surface area contributed by atoms with E-state index in [4.69, 9.17) is 9.72 Å². The van der Waals surface area contributed by atoms with Crippen LogP contribution >= 0.6 is 11.8 Å². The summed E-state index contributed by atoms with van der Waals surface area (Å²) in [6, 6.07) is 13.6. The normalized spacial score (nSPS) is 15.3. The van der Waals surface area contributed by atoms with Crippen molar-refractivity contribution >= 4 is 28.6 Å². The molecule has 0 radical (unpaired) electrons. The van der Waals surface area contributed by atoms with E-state index in [1.165, 1.54) is 22.9 Å². The molecule has 186 valence electrons. The Morgan fingerprint density at radius 1 is 1.11 bits per heavy atom. The lowest BCUT2D eigenvalue weighted by molar-refractivity contribution is -0.119. The highest BCUT2D eigenvalue weighted by Gasteiger charge is 2.16. The number of hydrogen-bond acceptors (Lipinski definition) is 6. The van der Waals surface area contributed by atoms with Crippen LogP contribution in [0.3, 0.4) is 0 Å². The number of carbonyl (C=O) groups is 1. The Bertz CT molecular complexity index is 1240. The summed E-state index contributed by atoms with van der Waals surface area (Å²) in [5.41, 5.74) is 4.13. The molecule has 2 aromatic carbocycles. The average molecular weight is 495 g/mol. The minimum atomic E-state index is -0.0947. The van der Waals surface area contributed by atoms with Crippen molar-refractivity contribution in [3.8, 4) is 0 Å². The molecular weight excluding hydrogens is 460 g/mol. The summed E-state index contributed by atoms with van der Waals surface area (Å²) in [6.07, 6.45) is 0.837. The minimum absolute atomic E-state index is 0.0519. The molecule has 1 atom stereocenters. The fourth-order valence-electron chi connectivity index (χ4n) is 4.26. The molecule has 1 aliphatic heterocycles. The lowest BCUT2D eigenvalue weighted by Gasteiger charge is -2.26. The Hall–Kier alpha value is -2.68. The number of nitrogens with one attached hydrogen (secondary N) is 1. The number of aryl methyl sites for hydroxylation is 2. The molecule has 35 heavy (non-hydrogen) atoms. The Morgan fingerprint density at radius 3 is 2.66 bits per heavy atom.